The van der Waals surface area contributed by atoms with Crippen molar-refractivity contribution < 1.29 is 0 Å². The van der Waals surface area contributed by atoms with Crippen molar-refractivity contribution in [1.82, 2.24) is 16.0 Å². The number of benzene rings is 1. The average Bonchev–Trinajstić information content (AvgIpc) is 2.65. The first-order valence-corrected chi connectivity index (χ1v) is 5.62. The monoisotopic (exact) mass is 220 g/mol. The molecule has 1 aromatic carbocycles. The molecule has 88 valence electrons. The summed E-state index contributed by atoms with van der Waals surface area (Å²) in [5.41, 5.74) is 9.23. The Morgan fingerprint density at radius 1 is 1.25 bits per heavy atom. The zero-order valence-electron chi connectivity index (χ0n) is 10.1. The minimum absolute atomic E-state index is 0.168. The summed E-state index contributed by atoms with van der Waals surface area (Å²) in [6, 6.07) is 6.41. The molecule has 0 amide bonds. The van der Waals surface area contributed by atoms with E-state index < -0.39 is 0 Å². The Kier molecular flexibility index (Phi) is 2.88. The van der Waals surface area contributed by atoms with E-state index in [0.29, 0.717) is 6.04 Å². The molecule has 0 unspecified atom stereocenters. The fraction of sp³-hybridized carbons (Fsp3) is 0.500. The predicted octanol–water partition coefficient (Wildman–Crippen LogP) is 0.525. The smallest absolute Gasteiger partial charge is 0.0967 e. The van der Waals surface area contributed by atoms with E-state index in [9.17, 15) is 0 Å². The van der Waals surface area contributed by atoms with E-state index in [1.807, 2.05) is 33.3 Å². The highest BCUT2D eigenvalue weighted by molar-refractivity contribution is 5.57. The first-order chi connectivity index (χ1) is 7.68. The Morgan fingerprint density at radius 2 is 1.94 bits per heavy atom. The van der Waals surface area contributed by atoms with Gasteiger partial charge in [0.1, 0.15) is 0 Å². The summed E-state index contributed by atoms with van der Waals surface area (Å²) in [7, 11) is 5.92. The molecule has 0 bridgehead atoms. The van der Waals surface area contributed by atoms with Crippen molar-refractivity contribution in [1.29, 1.82) is 0 Å². The Labute approximate surface area is 96.6 Å². The average molecular weight is 220 g/mol. The summed E-state index contributed by atoms with van der Waals surface area (Å²) in [6.45, 7) is 0. The normalized spacial score (nSPS) is 22.1. The van der Waals surface area contributed by atoms with Crippen molar-refractivity contribution in [3.05, 3.63) is 29.3 Å². The molecule has 1 aliphatic rings. The van der Waals surface area contributed by atoms with Crippen molar-refractivity contribution in [2.45, 2.75) is 18.1 Å². The second-order valence-corrected chi connectivity index (χ2v) is 4.26. The van der Waals surface area contributed by atoms with Crippen LogP contribution in [0.25, 0.3) is 0 Å². The largest absolute Gasteiger partial charge is 0.398 e. The van der Waals surface area contributed by atoms with Crippen molar-refractivity contribution >= 4 is 5.69 Å². The lowest BCUT2D eigenvalue weighted by Crippen LogP contribution is -2.49. The number of fused-ring (bicyclic) bond motifs is 1. The van der Waals surface area contributed by atoms with Crippen molar-refractivity contribution in [2.24, 2.45) is 0 Å². The van der Waals surface area contributed by atoms with Gasteiger partial charge in [0.15, 0.2) is 0 Å². The Hall–Kier alpha value is -1.10. The van der Waals surface area contributed by atoms with Crippen LogP contribution in [0.1, 0.15) is 23.6 Å². The van der Waals surface area contributed by atoms with E-state index in [1.54, 1.807) is 0 Å². The first kappa shape index (κ1) is 11.4. The second-order valence-electron chi connectivity index (χ2n) is 4.26. The van der Waals surface area contributed by atoms with Crippen LogP contribution in [-0.2, 0) is 5.66 Å². The lowest BCUT2D eigenvalue weighted by atomic mass is 10.0. The number of hydrogen-bond acceptors (Lipinski definition) is 4. The standard InChI is InChI=1S/C12H20N4/c1-14-10-7-12(15-2,16-3)8-5-4-6-9(13)11(8)10/h4-6,10,14-16H,7,13H2,1-3H3/t10-/m1/s1. The molecular formula is C12H20N4. The molecule has 4 nitrogen and oxygen atoms in total. The molecule has 2 rings (SSSR count). The van der Waals surface area contributed by atoms with Crippen molar-refractivity contribution in [3.8, 4) is 0 Å². The van der Waals surface area contributed by atoms with Crippen LogP contribution < -0.4 is 21.7 Å². The quantitative estimate of drug-likeness (QED) is 0.443. The molecule has 0 aliphatic heterocycles. The first-order valence-electron chi connectivity index (χ1n) is 5.62. The third-order valence-electron chi connectivity index (χ3n) is 3.66. The van der Waals surface area contributed by atoms with Crippen LogP contribution in [-0.4, -0.2) is 21.1 Å². The fourth-order valence-electron chi connectivity index (χ4n) is 2.71. The zero-order valence-corrected chi connectivity index (χ0v) is 10.1. The topological polar surface area (TPSA) is 62.1 Å². The van der Waals surface area contributed by atoms with Gasteiger partial charge in [0, 0.05) is 18.2 Å². The van der Waals surface area contributed by atoms with Crippen LogP contribution >= 0.6 is 0 Å². The minimum Gasteiger partial charge on any atom is -0.398 e. The number of nitrogens with two attached hydrogens (primary N) is 1. The van der Waals surface area contributed by atoms with E-state index in [4.69, 9.17) is 5.73 Å². The van der Waals surface area contributed by atoms with Gasteiger partial charge in [0.05, 0.1) is 5.66 Å². The predicted molar refractivity (Wildman–Crippen MR) is 67.1 cm³/mol. The third kappa shape index (κ3) is 1.42. The zero-order chi connectivity index (χ0) is 11.8. The van der Waals surface area contributed by atoms with Gasteiger partial charge in [0.25, 0.3) is 0 Å². The van der Waals surface area contributed by atoms with Gasteiger partial charge < -0.3 is 11.1 Å². The summed E-state index contributed by atoms with van der Waals surface area (Å²) in [4.78, 5) is 0. The molecule has 1 aromatic rings. The Balaban J connectivity index is 2.58. The summed E-state index contributed by atoms with van der Waals surface area (Å²) in [5.74, 6) is 0. The fourth-order valence-corrected chi connectivity index (χ4v) is 2.71. The van der Waals surface area contributed by atoms with Crippen molar-refractivity contribution in [2.75, 3.05) is 26.9 Å². The molecule has 0 heterocycles. The highest BCUT2D eigenvalue weighted by Gasteiger charge is 2.42. The van der Waals surface area contributed by atoms with Crippen LogP contribution in [0.2, 0.25) is 0 Å². The van der Waals surface area contributed by atoms with Gasteiger partial charge in [-0.3, -0.25) is 10.6 Å². The summed E-state index contributed by atoms with van der Waals surface area (Å²) < 4.78 is 0. The SMILES string of the molecule is CN[C@@H]1CC(NC)(NC)c2cccc(N)c21. The van der Waals surface area contributed by atoms with E-state index in [0.717, 1.165) is 12.1 Å². The van der Waals surface area contributed by atoms with E-state index in [1.165, 1.54) is 11.1 Å². The molecule has 1 aliphatic carbocycles. The molecule has 0 saturated heterocycles. The summed E-state index contributed by atoms with van der Waals surface area (Å²) in [6.07, 6.45) is 0.958. The molecular weight excluding hydrogens is 200 g/mol. The third-order valence-corrected chi connectivity index (χ3v) is 3.66. The van der Waals surface area contributed by atoms with Gasteiger partial charge in [-0.05, 0) is 38.3 Å². The molecule has 5 N–H and O–H groups in total. The molecule has 0 aromatic heterocycles. The summed E-state index contributed by atoms with van der Waals surface area (Å²) >= 11 is 0. The van der Waals surface area contributed by atoms with Gasteiger partial charge in [-0.25, -0.2) is 0 Å². The molecule has 0 radical (unpaired) electrons. The van der Waals surface area contributed by atoms with E-state index in [2.05, 4.69) is 22.0 Å². The summed E-state index contributed by atoms with van der Waals surface area (Å²) in [5, 5.41) is 10.1. The molecule has 0 fully saturated rings. The molecule has 0 spiro atoms. The number of anilines is 1. The lowest BCUT2D eigenvalue weighted by Gasteiger charge is -2.30. The van der Waals surface area contributed by atoms with Crippen LogP contribution in [0, 0.1) is 0 Å². The molecule has 0 saturated carbocycles. The lowest BCUT2D eigenvalue weighted by molar-refractivity contribution is 0.278. The number of nitrogens with one attached hydrogen (secondary N) is 3. The van der Waals surface area contributed by atoms with E-state index in [-0.39, 0.29) is 5.66 Å². The van der Waals surface area contributed by atoms with Gasteiger partial charge >= 0.3 is 0 Å². The molecule has 1 atom stereocenters. The van der Waals surface area contributed by atoms with Crippen LogP contribution in [0.15, 0.2) is 18.2 Å². The maximum Gasteiger partial charge on any atom is 0.0967 e. The maximum atomic E-state index is 6.07. The number of nitrogen functional groups attached to an aromatic ring is 1. The van der Waals surface area contributed by atoms with Gasteiger partial charge in [-0.2, -0.15) is 0 Å². The van der Waals surface area contributed by atoms with Crippen LogP contribution in [0.4, 0.5) is 5.69 Å². The number of rotatable bonds is 3. The van der Waals surface area contributed by atoms with Crippen LogP contribution in [0.3, 0.4) is 0 Å². The van der Waals surface area contributed by atoms with Crippen LogP contribution in [0.5, 0.6) is 0 Å². The highest BCUT2D eigenvalue weighted by Crippen LogP contribution is 2.43. The van der Waals surface area contributed by atoms with Gasteiger partial charge in [-0.15, -0.1) is 0 Å². The Morgan fingerprint density at radius 3 is 2.50 bits per heavy atom. The molecule has 16 heavy (non-hydrogen) atoms. The van der Waals surface area contributed by atoms with Crippen molar-refractivity contribution in [3.63, 3.8) is 0 Å². The second kappa shape index (κ2) is 4.05. The van der Waals surface area contributed by atoms with Gasteiger partial charge in [-0.1, -0.05) is 12.1 Å². The number of hydrogen-bond donors (Lipinski definition) is 4. The Bertz CT molecular complexity index is 385. The van der Waals surface area contributed by atoms with E-state index >= 15 is 0 Å². The van der Waals surface area contributed by atoms with Gasteiger partial charge in [0.2, 0.25) is 0 Å². The highest BCUT2D eigenvalue weighted by atomic mass is 15.2. The molecule has 4 heteroatoms. The maximum absolute atomic E-state index is 6.07. The minimum atomic E-state index is -0.168.